The third-order valence-electron chi connectivity index (χ3n) is 7.79. The molecule has 0 bridgehead atoms. The summed E-state index contributed by atoms with van der Waals surface area (Å²) in [4.78, 5) is 27.8. The average molecular weight is 548 g/mol. The minimum atomic E-state index is -1.62. The maximum Gasteiger partial charge on any atom is 0.267 e. The third kappa shape index (κ3) is 4.39. The zero-order valence-corrected chi connectivity index (χ0v) is 22.8. The molecule has 2 heterocycles. The van der Waals surface area contributed by atoms with E-state index in [0.717, 1.165) is 0 Å². The van der Waals surface area contributed by atoms with Gasteiger partial charge < -0.3 is 21.1 Å². The van der Waals surface area contributed by atoms with Crippen molar-refractivity contribution in [1.29, 1.82) is 0 Å². The highest BCUT2D eigenvalue weighted by atomic mass is 35.5. The van der Waals surface area contributed by atoms with Crippen LogP contribution in [0.15, 0.2) is 52.7 Å². The van der Waals surface area contributed by atoms with E-state index in [0.29, 0.717) is 41.1 Å². The number of anilines is 1. The van der Waals surface area contributed by atoms with Crippen LogP contribution < -0.4 is 16.0 Å². The number of hydrogen-bond donors (Lipinski definition) is 4. The second kappa shape index (κ2) is 8.85. The van der Waals surface area contributed by atoms with Crippen LogP contribution in [0.4, 0.5) is 10.1 Å². The number of hydrogen-bond acceptors (Lipinski definition) is 4. The number of benzene rings is 1. The number of aliphatic hydroxyl groups is 1. The lowest BCUT2D eigenvalue weighted by Crippen LogP contribution is -2.54. The standard InChI is InChI=1S/C28H32Cl2FN3O3/c1-26(2,3)13-20-28(17-9-8-14(29)10-19(17)33-25(28)36)21(16-6-5-7-18(30)22(16)31)23(34-20)24(35)32-15-11-27(4,37)12-15/h5-10,15-16,20,22,34,37H,11-13H2,1-4H3,(H,32,35)(H,33,36)/t15-,16?,20-,22?,27+,28+/m1/s1. The summed E-state index contributed by atoms with van der Waals surface area (Å²) >= 11 is 12.5. The summed E-state index contributed by atoms with van der Waals surface area (Å²) < 4.78 is 15.8. The number of allylic oxidation sites excluding steroid dienone is 4. The van der Waals surface area contributed by atoms with Gasteiger partial charge in [0.1, 0.15) is 17.3 Å². The Morgan fingerprint density at radius 3 is 2.62 bits per heavy atom. The Kier molecular flexibility index (Phi) is 6.29. The first-order valence-corrected chi connectivity index (χ1v) is 13.3. The number of carbonyl (C=O) groups excluding carboxylic acids is 2. The van der Waals surface area contributed by atoms with Gasteiger partial charge in [-0.15, -0.1) is 0 Å². The largest absolute Gasteiger partial charge is 0.390 e. The molecule has 2 aliphatic carbocycles. The summed E-state index contributed by atoms with van der Waals surface area (Å²) in [5.74, 6) is -1.69. The molecule has 37 heavy (non-hydrogen) atoms. The van der Waals surface area contributed by atoms with Crippen molar-refractivity contribution in [3.8, 4) is 0 Å². The van der Waals surface area contributed by atoms with Gasteiger partial charge in [0.15, 0.2) is 0 Å². The van der Waals surface area contributed by atoms with Gasteiger partial charge in [0, 0.05) is 28.7 Å². The van der Waals surface area contributed by atoms with E-state index >= 15 is 4.39 Å². The first-order chi connectivity index (χ1) is 17.2. The molecule has 1 aromatic rings. The van der Waals surface area contributed by atoms with Gasteiger partial charge in [-0.3, -0.25) is 9.59 Å². The monoisotopic (exact) mass is 547 g/mol. The lowest BCUT2D eigenvalue weighted by molar-refractivity contribution is -0.122. The second-order valence-electron chi connectivity index (χ2n) is 12.1. The fourth-order valence-electron chi connectivity index (χ4n) is 6.33. The molecule has 4 N–H and O–H groups in total. The predicted molar refractivity (Wildman–Crippen MR) is 143 cm³/mol. The van der Waals surface area contributed by atoms with Crippen molar-refractivity contribution in [2.45, 2.75) is 76.2 Å². The van der Waals surface area contributed by atoms with E-state index in [9.17, 15) is 14.7 Å². The number of nitrogens with one attached hydrogen (secondary N) is 3. The smallest absolute Gasteiger partial charge is 0.267 e. The summed E-state index contributed by atoms with van der Waals surface area (Å²) in [5, 5.41) is 19.9. The highest BCUT2D eigenvalue weighted by Gasteiger charge is 2.63. The average Bonchev–Trinajstić information content (AvgIpc) is 3.23. The normalized spacial score (nSPS) is 34.6. The number of halogens is 3. The van der Waals surface area contributed by atoms with Gasteiger partial charge in [0.05, 0.1) is 10.6 Å². The van der Waals surface area contributed by atoms with Gasteiger partial charge in [-0.2, -0.15) is 0 Å². The Bertz CT molecular complexity index is 1260. The number of amides is 2. The summed E-state index contributed by atoms with van der Waals surface area (Å²) in [6.45, 7) is 7.90. The number of alkyl halides is 1. The number of carbonyl (C=O) groups is 2. The van der Waals surface area contributed by atoms with E-state index in [2.05, 4.69) is 36.7 Å². The Hall–Kier alpha value is -2.35. The van der Waals surface area contributed by atoms with Crippen LogP contribution in [0.2, 0.25) is 5.02 Å². The van der Waals surface area contributed by atoms with E-state index in [4.69, 9.17) is 23.2 Å². The van der Waals surface area contributed by atoms with Gasteiger partial charge in [0.2, 0.25) is 5.91 Å². The highest BCUT2D eigenvalue weighted by Crippen LogP contribution is 2.56. The van der Waals surface area contributed by atoms with Gasteiger partial charge in [-0.25, -0.2) is 4.39 Å². The lowest BCUT2D eigenvalue weighted by atomic mass is 9.63. The van der Waals surface area contributed by atoms with Gasteiger partial charge >= 0.3 is 0 Å². The predicted octanol–water partition coefficient (Wildman–Crippen LogP) is 4.87. The van der Waals surface area contributed by atoms with Crippen LogP contribution in [0.5, 0.6) is 0 Å². The summed E-state index contributed by atoms with van der Waals surface area (Å²) in [5.41, 5.74) is -0.658. The van der Waals surface area contributed by atoms with Crippen molar-refractivity contribution < 1.29 is 19.1 Å². The Morgan fingerprint density at radius 2 is 1.97 bits per heavy atom. The van der Waals surface area contributed by atoms with Crippen molar-refractivity contribution >= 4 is 40.7 Å². The topological polar surface area (TPSA) is 90.5 Å². The van der Waals surface area contributed by atoms with E-state index in [1.807, 2.05) is 0 Å². The van der Waals surface area contributed by atoms with Crippen LogP contribution in [0, 0.1) is 11.3 Å². The van der Waals surface area contributed by atoms with Crippen molar-refractivity contribution in [3.05, 3.63) is 63.3 Å². The molecule has 1 fully saturated rings. The molecule has 198 valence electrons. The zero-order valence-electron chi connectivity index (χ0n) is 21.3. The fraction of sp³-hybridized carbons (Fsp3) is 0.500. The summed E-state index contributed by atoms with van der Waals surface area (Å²) in [7, 11) is 0. The molecule has 0 saturated heterocycles. The molecular weight excluding hydrogens is 516 g/mol. The maximum atomic E-state index is 15.8. The van der Waals surface area contributed by atoms with Crippen LogP contribution in [0.25, 0.3) is 0 Å². The number of fused-ring (bicyclic) bond motifs is 2. The molecule has 4 atom stereocenters. The molecule has 9 heteroatoms. The summed E-state index contributed by atoms with van der Waals surface area (Å²) in [6.07, 6.45) is 4.56. The molecule has 4 aliphatic rings. The fourth-order valence-corrected chi connectivity index (χ4v) is 6.71. The van der Waals surface area contributed by atoms with E-state index in [1.165, 1.54) is 6.08 Å². The molecule has 5 rings (SSSR count). The molecule has 2 aliphatic heterocycles. The maximum absolute atomic E-state index is 15.8. The van der Waals surface area contributed by atoms with Crippen LogP contribution in [-0.4, -0.2) is 40.8 Å². The molecule has 2 unspecified atom stereocenters. The zero-order chi connectivity index (χ0) is 26.9. The SMILES string of the molecule is CC(C)(C)C[C@H]1NC(C(=O)N[C@H]2C[C@@](C)(O)C2)=C(C2C=CC=C(Cl)C2F)[C@@]12C(=O)Nc1cc(Cl)ccc12. The molecule has 2 amide bonds. The second-order valence-corrected chi connectivity index (χ2v) is 13.0. The van der Waals surface area contributed by atoms with Gasteiger partial charge in [-0.05, 0) is 60.9 Å². The first kappa shape index (κ1) is 26.3. The lowest BCUT2D eigenvalue weighted by Gasteiger charge is -2.41. The van der Waals surface area contributed by atoms with E-state index in [1.54, 1.807) is 37.3 Å². The van der Waals surface area contributed by atoms with Crippen molar-refractivity contribution in [2.75, 3.05) is 5.32 Å². The van der Waals surface area contributed by atoms with E-state index in [-0.39, 0.29) is 28.1 Å². The minimum absolute atomic E-state index is 0.0129. The Balaban J connectivity index is 1.70. The Labute approximate surface area is 226 Å². The molecule has 0 radical (unpaired) electrons. The van der Waals surface area contributed by atoms with Gasteiger partial charge in [-0.1, -0.05) is 62.2 Å². The molecule has 1 spiro atoms. The van der Waals surface area contributed by atoms with Gasteiger partial charge in [0.25, 0.3) is 5.91 Å². The highest BCUT2D eigenvalue weighted by molar-refractivity contribution is 6.31. The summed E-state index contributed by atoms with van der Waals surface area (Å²) in [6, 6.07) is 4.43. The molecule has 6 nitrogen and oxygen atoms in total. The van der Waals surface area contributed by atoms with Crippen LogP contribution in [0.3, 0.4) is 0 Å². The molecule has 0 aromatic heterocycles. The third-order valence-corrected chi connectivity index (χ3v) is 8.35. The molecular formula is C28H32Cl2FN3O3. The van der Waals surface area contributed by atoms with Crippen LogP contribution in [-0.2, 0) is 15.0 Å². The van der Waals surface area contributed by atoms with Crippen molar-refractivity contribution in [2.24, 2.45) is 11.3 Å². The van der Waals surface area contributed by atoms with E-state index < -0.39 is 35.1 Å². The quantitative estimate of drug-likeness (QED) is 0.433. The van der Waals surface area contributed by atoms with Crippen LogP contribution in [0.1, 0.15) is 52.5 Å². The first-order valence-electron chi connectivity index (χ1n) is 12.6. The Morgan fingerprint density at radius 1 is 1.27 bits per heavy atom. The molecule has 1 saturated carbocycles. The van der Waals surface area contributed by atoms with Crippen molar-refractivity contribution in [1.82, 2.24) is 10.6 Å². The molecule has 1 aromatic carbocycles. The van der Waals surface area contributed by atoms with Crippen LogP contribution >= 0.6 is 23.2 Å². The minimum Gasteiger partial charge on any atom is -0.390 e. The van der Waals surface area contributed by atoms with Crippen molar-refractivity contribution in [3.63, 3.8) is 0 Å². The number of rotatable bonds is 4.